The maximum atomic E-state index is 11.5. The first-order chi connectivity index (χ1) is 5.56. The average Bonchev–Trinajstić information content (AvgIpc) is 2.05. The van der Waals surface area contributed by atoms with Crippen LogP contribution in [0.5, 0.6) is 0 Å². The molecule has 1 N–H and O–H groups in total. The summed E-state index contributed by atoms with van der Waals surface area (Å²) in [6, 6.07) is 1.26. The van der Waals surface area contributed by atoms with Crippen LogP contribution in [-0.4, -0.2) is 27.5 Å². The van der Waals surface area contributed by atoms with E-state index < -0.39 is 9.73 Å². The Kier molecular flexibility index (Phi) is 2.27. The molecular weight excluding hydrogens is 178 g/mol. The standard InChI is InChI=1S/C6H9N3O2S/c1-7-12(2,11)6-8-4-3-5(10)9-6/h3-4H,1-2H3,(H,8,9,10)/t12-/m1/s1. The minimum Gasteiger partial charge on any atom is -0.299 e. The third-order valence-electron chi connectivity index (χ3n) is 1.35. The van der Waals surface area contributed by atoms with Crippen LogP contribution in [0.15, 0.2) is 26.6 Å². The molecule has 1 rings (SSSR count). The fourth-order valence-corrected chi connectivity index (χ4v) is 1.35. The highest BCUT2D eigenvalue weighted by Crippen LogP contribution is 1.99. The van der Waals surface area contributed by atoms with Crippen LogP contribution in [0, 0.1) is 0 Å². The van der Waals surface area contributed by atoms with Crippen LogP contribution in [0.2, 0.25) is 0 Å². The molecule has 0 aliphatic heterocycles. The predicted octanol–water partition coefficient (Wildman–Crippen LogP) is -0.144. The maximum absolute atomic E-state index is 11.5. The van der Waals surface area contributed by atoms with Crippen molar-refractivity contribution in [2.45, 2.75) is 5.16 Å². The molecule has 0 saturated heterocycles. The topological polar surface area (TPSA) is 75.2 Å². The molecule has 1 aromatic rings. The molecule has 5 nitrogen and oxygen atoms in total. The number of aromatic nitrogens is 2. The Bertz CT molecular complexity index is 442. The van der Waals surface area contributed by atoms with Crippen molar-refractivity contribution in [1.82, 2.24) is 9.97 Å². The summed E-state index contributed by atoms with van der Waals surface area (Å²) in [6.45, 7) is 0. The lowest BCUT2D eigenvalue weighted by atomic mass is 10.7. The largest absolute Gasteiger partial charge is 0.299 e. The Hall–Kier alpha value is -1.17. The zero-order valence-electron chi connectivity index (χ0n) is 6.77. The highest BCUT2D eigenvalue weighted by atomic mass is 32.2. The van der Waals surface area contributed by atoms with E-state index in [4.69, 9.17) is 0 Å². The Balaban J connectivity index is 3.41. The second kappa shape index (κ2) is 3.06. The van der Waals surface area contributed by atoms with E-state index >= 15 is 0 Å². The van der Waals surface area contributed by atoms with Crippen molar-refractivity contribution in [2.24, 2.45) is 4.36 Å². The second-order valence-corrected chi connectivity index (χ2v) is 4.58. The van der Waals surface area contributed by atoms with Crippen LogP contribution in [0.25, 0.3) is 0 Å². The molecule has 0 amide bonds. The molecule has 0 aliphatic carbocycles. The molecule has 0 bridgehead atoms. The molecule has 6 heteroatoms. The van der Waals surface area contributed by atoms with Gasteiger partial charge in [-0.3, -0.25) is 9.78 Å². The molecule has 66 valence electrons. The maximum Gasteiger partial charge on any atom is 0.251 e. The molecule has 0 aromatic carbocycles. The first kappa shape index (κ1) is 8.92. The summed E-state index contributed by atoms with van der Waals surface area (Å²) in [5.41, 5.74) is -0.321. The highest BCUT2D eigenvalue weighted by molar-refractivity contribution is 7.92. The van der Waals surface area contributed by atoms with Crippen molar-refractivity contribution in [3.63, 3.8) is 0 Å². The molecule has 1 aromatic heterocycles. The molecule has 0 aliphatic rings. The number of aromatic amines is 1. The van der Waals surface area contributed by atoms with Crippen LogP contribution < -0.4 is 5.56 Å². The van der Waals surface area contributed by atoms with Gasteiger partial charge in [-0.1, -0.05) is 0 Å². The minimum atomic E-state index is -2.51. The number of hydrogen-bond donors (Lipinski definition) is 1. The Morgan fingerprint density at radius 1 is 1.67 bits per heavy atom. The van der Waals surface area contributed by atoms with Crippen LogP contribution in [0.4, 0.5) is 0 Å². The van der Waals surface area contributed by atoms with Gasteiger partial charge in [0, 0.05) is 25.6 Å². The van der Waals surface area contributed by atoms with Gasteiger partial charge in [0.15, 0.2) is 0 Å². The van der Waals surface area contributed by atoms with Crippen LogP contribution >= 0.6 is 0 Å². The van der Waals surface area contributed by atoms with Crippen LogP contribution in [0.1, 0.15) is 0 Å². The SMILES string of the molecule is CN=[S@](C)(=O)c1nccc(=O)[nH]1. The molecule has 1 heterocycles. The highest BCUT2D eigenvalue weighted by Gasteiger charge is 2.05. The van der Waals surface area contributed by atoms with Gasteiger partial charge in [0.1, 0.15) is 9.73 Å². The van der Waals surface area contributed by atoms with E-state index in [2.05, 4.69) is 14.3 Å². The lowest BCUT2D eigenvalue weighted by molar-refractivity contribution is 0.671. The van der Waals surface area contributed by atoms with Crippen molar-refractivity contribution in [1.29, 1.82) is 0 Å². The van der Waals surface area contributed by atoms with Gasteiger partial charge in [-0.2, -0.15) is 0 Å². The lowest BCUT2D eigenvalue weighted by Crippen LogP contribution is -2.12. The number of H-pyrrole nitrogens is 1. The first-order valence-electron chi connectivity index (χ1n) is 3.22. The quantitative estimate of drug-likeness (QED) is 0.621. The third-order valence-corrected chi connectivity index (χ3v) is 2.98. The molecule has 0 radical (unpaired) electrons. The van der Waals surface area contributed by atoms with Gasteiger partial charge in [0.25, 0.3) is 5.56 Å². The van der Waals surface area contributed by atoms with E-state index in [9.17, 15) is 9.00 Å². The Labute approximate surface area is 70.0 Å². The predicted molar refractivity (Wildman–Crippen MR) is 45.5 cm³/mol. The zero-order chi connectivity index (χ0) is 9.19. The van der Waals surface area contributed by atoms with Crippen LogP contribution in [-0.2, 0) is 9.73 Å². The number of rotatable bonds is 1. The van der Waals surface area contributed by atoms with E-state index in [1.54, 1.807) is 0 Å². The minimum absolute atomic E-state index is 0.123. The fourth-order valence-electron chi connectivity index (χ4n) is 0.631. The molecular formula is C6H9N3O2S. The summed E-state index contributed by atoms with van der Waals surface area (Å²) < 4.78 is 15.1. The molecule has 0 fully saturated rings. The first-order valence-corrected chi connectivity index (χ1v) is 5.14. The van der Waals surface area contributed by atoms with Crippen molar-refractivity contribution >= 4 is 9.73 Å². The summed E-state index contributed by atoms with van der Waals surface area (Å²) in [4.78, 5) is 16.9. The van der Waals surface area contributed by atoms with E-state index in [0.29, 0.717) is 0 Å². The molecule has 0 saturated carbocycles. The van der Waals surface area contributed by atoms with E-state index in [0.717, 1.165) is 0 Å². The summed E-state index contributed by atoms with van der Waals surface area (Å²) in [5.74, 6) is 0. The summed E-state index contributed by atoms with van der Waals surface area (Å²) in [5, 5.41) is 0.123. The fraction of sp³-hybridized carbons (Fsp3) is 0.333. The summed E-state index contributed by atoms with van der Waals surface area (Å²) >= 11 is 0. The molecule has 0 unspecified atom stereocenters. The molecule has 1 atom stereocenters. The van der Waals surface area contributed by atoms with E-state index in [1.165, 1.54) is 25.6 Å². The Morgan fingerprint density at radius 3 is 2.83 bits per heavy atom. The lowest BCUT2D eigenvalue weighted by Gasteiger charge is -1.99. The molecule has 12 heavy (non-hydrogen) atoms. The third kappa shape index (κ3) is 1.70. The summed E-state index contributed by atoms with van der Waals surface area (Å²) in [7, 11) is -1.09. The van der Waals surface area contributed by atoms with Gasteiger partial charge >= 0.3 is 0 Å². The van der Waals surface area contributed by atoms with Gasteiger partial charge in [0.2, 0.25) is 5.16 Å². The number of hydrogen-bond acceptors (Lipinski definition) is 4. The second-order valence-electron chi connectivity index (χ2n) is 2.22. The van der Waals surface area contributed by atoms with Gasteiger partial charge in [-0.05, 0) is 0 Å². The average molecular weight is 187 g/mol. The van der Waals surface area contributed by atoms with Gasteiger partial charge in [0.05, 0.1) is 0 Å². The Morgan fingerprint density at radius 2 is 2.33 bits per heavy atom. The van der Waals surface area contributed by atoms with Crippen molar-refractivity contribution in [3.05, 3.63) is 22.6 Å². The van der Waals surface area contributed by atoms with Crippen molar-refractivity contribution in [2.75, 3.05) is 13.3 Å². The smallest absolute Gasteiger partial charge is 0.251 e. The summed E-state index contributed by atoms with van der Waals surface area (Å²) in [6.07, 6.45) is 2.73. The van der Waals surface area contributed by atoms with Crippen molar-refractivity contribution in [3.8, 4) is 0 Å². The van der Waals surface area contributed by atoms with Gasteiger partial charge < -0.3 is 0 Å². The van der Waals surface area contributed by atoms with E-state index in [1.807, 2.05) is 0 Å². The van der Waals surface area contributed by atoms with Crippen LogP contribution in [0.3, 0.4) is 0 Å². The number of nitrogens with one attached hydrogen (secondary N) is 1. The number of nitrogens with zero attached hydrogens (tertiary/aromatic N) is 2. The molecule has 0 spiro atoms. The van der Waals surface area contributed by atoms with Crippen molar-refractivity contribution < 1.29 is 4.21 Å². The normalized spacial score (nSPS) is 15.2. The zero-order valence-corrected chi connectivity index (χ0v) is 7.59. The van der Waals surface area contributed by atoms with Gasteiger partial charge in [-0.25, -0.2) is 13.6 Å². The van der Waals surface area contributed by atoms with Gasteiger partial charge in [-0.15, -0.1) is 0 Å². The van der Waals surface area contributed by atoms with E-state index in [-0.39, 0.29) is 10.7 Å². The monoisotopic (exact) mass is 187 g/mol.